The van der Waals surface area contributed by atoms with E-state index in [2.05, 4.69) is 10.5 Å². The highest BCUT2D eigenvalue weighted by molar-refractivity contribution is 6.04. The minimum atomic E-state index is -0.570. The van der Waals surface area contributed by atoms with Gasteiger partial charge in [-0.3, -0.25) is 4.79 Å². The van der Waals surface area contributed by atoms with Crippen LogP contribution in [0.3, 0.4) is 0 Å². The van der Waals surface area contributed by atoms with E-state index < -0.39 is 5.97 Å². The SMILES string of the molecule is COc1ccc(C(=O)Oc2ccc3ccccc3c2/C=N\NC(=O)c2ccc(C)cc2)cc1OC. The molecule has 0 fully saturated rings. The van der Waals surface area contributed by atoms with Gasteiger partial charge in [0.25, 0.3) is 5.91 Å². The van der Waals surface area contributed by atoms with Crippen molar-refractivity contribution in [3.05, 3.63) is 101 Å². The lowest BCUT2D eigenvalue weighted by Gasteiger charge is -2.12. The molecule has 0 aliphatic carbocycles. The van der Waals surface area contributed by atoms with Crippen LogP contribution in [0.15, 0.2) is 84.0 Å². The van der Waals surface area contributed by atoms with E-state index in [0.29, 0.717) is 33.9 Å². The number of methoxy groups -OCH3 is 2. The third-order valence-electron chi connectivity index (χ3n) is 5.43. The van der Waals surface area contributed by atoms with E-state index in [-0.39, 0.29) is 5.91 Å². The number of nitrogens with one attached hydrogen (secondary N) is 1. The van der Waals surface area contributed by atoms with Gasteiger partial charge in [0.2, 0.25) is 0 Å². The van der Waals surface area contributed by atoms with Crippen molar-refractivity contribution >= 4 is 28.9 Å². The first-order valence-electron chi connectivity index (χ1n) is 10.9. The van der Waals surface area contributed by atoms with Crippen LogP contribution >= 0.6 is 0 Å². The van der Waals surface area contributed by atoms with Crippen molar-refractivity contribution in [1.29, 1.82) is 0 Å². The number of esters is 1. The highest BCUT2D eigenvalue weighted by Crippen LogP contribution is 2.30. The van der Waals surface area contributed by atoms with Crippen LogP contribution in [-0.2, 0) is 0 Å². The van der Waals surface area contributed by atoms with E-state index in [0.717, 1.165) is 16.3 Å². The summed E-state index contributed by atoms with van der Waals surface area (Å²) < 4.78 is 16.2. The maximum Gasteiger partial charge on any atom is 0.343 e. The number of amides is 1. The number of fused-ring (bicyclic) bond motifs is 1. The molecular weight excluding hydrogens is 444 g/mol. The van der Waals surface area contributed by atoms with Gasteiger partial charge in [0.05, 0.1) is 26.0 Å². The molecule has 0 saturated heterocycles. The van der Waals surface area contributed by atoms with Gasteiger partial charge in [-0.1, -0.05) is 48.0 Å². The Balaban J connectivity index is 1.62. The molecule has 0 spiro atoms. The number of ether oxygens (including phenoxy) is 3. The molecule has 4 rings (SSSR count). The van der Waals surface area contributed by atoms with E-state index in [1.807, 2.05) is 49.4 Å². The minimum absolute atomic E-state index is 0.298. The molecule has 0 atom stereocenters. The second-order valence-electron chi connectivity index (χ2n) is 7.72. The van der Waals surface area contributed by atoms with Crippen LogP contribution in [0, 0.1) is 6.92 Å². The first kappa shape index (κ1) is 23.5. The Bertz CT molecular complexity index is 1410. The predicted octanol–water partition coefficient (Wildman–Crippen LogP) is 5.15. The number of carbonyl (C=O) groups excluding carboxylic acids is 2. The van der Waals surface area contributed by atoms with Crippen molar-refractivity contribution < 1.29 is 23.8 Å². The maximum absolute atomic E-state index is 12.9. The van der Waals surface area contributed by atoms with Gasteiger partial charge in [0.15, 0.2) is 11.5 Å². The molecule has 0 radical (unpaired) electrons. The summed E-state index contributed by atoms with van der Waals surface area (Å²) in [5, 5.41) is 5.88. The molecule has 4 aromatic rings. The van der Waals surface area contributed by atoms with Crippen LogP contribution in [0.4, 0.5) is 0 Å². The van der Waals surface area contributed by atoms with Crippen molar-refractivity contribution in [1.82, 2.24) is 5.43 Å². The lowest BCUT2D eigenvalue weighted by Crippen LogP contribution is -2.17. The number of hydrogen-bond acceptors (Lipinski definition) is 6. The van der Waals surface area contributed by atoms with Crippen molar-refractivity contribution in [2.75, 3.05) is 14.2 Å². The fraction of sp³-hybridized carbons (Fsp3) is 0.107. The number of aryl methyl sites for hydroxylation is 1. The van der Waals surface area contributed by atoms with Crippen molar-refractivity contribution in [3.63, 3.8) is 0 Å². The summed E-state index contributed by atoms with van der Waals surface area (Å²) in [7, 11) is 3.02. The molecular formula is C28H24N2O5. The summed E-state index contributed by atoms with van der Waals surface area (Å²) >= 11 is 0. The number of hydrogen-bond donors (Lipinski definition) is 1. The number of hydrazone groups is 1. The van der Waals surface area contributed by atoms with Crippen LogP contribution in [0.2, 0.25) is 0 Å². The molecule has 7 heteroatoms. The summed E-state index contributed by atoms with van der Waals surface area (Å²) in [6.45, 7) is 1.95. The van der Waals surface area contributed by atoms with Gasteiger partial charge in [-0.2, -0.15) is 5.10 Å². The molecule has 0 bridgehead atoms. The van der Waals surface area contributed by atoms with Gasteiger partial charge < -0.3 is 14.2 Å². The molecule has 1 amide bonds. The normalized spacial score (nSPS) is 10.8. The van der Waals surface area contributed by atoms with E-state index in [1.165, 1.54) is 20.4 Å². The molecule has 0 aliphatic rings. The fourth-order valence-corrected chi connectivity index (χ4v) is 3.54. The predicted molar refractivity (Wildman–Crippen MR) is 135 cm³/mol. The standard InChI is InChI=1S/C28H24N2O5/c1-18-8-10-20(11-9-18)27(31)30-29-17-23-22-7-5-4-6-19(22)12-14-24(23)35-28(32)21-13-15-25(33-2)26(16-21)34-3/h4-17H,1-3H3,(H,30,31)/b29-17-. The first-order chi connectivity index (χ1) is 17.0. The molecule has 0 aromatic heterocycles. The summed E-state index contributed by atoms with van der Waals surface area (Å²) in [6.07, 6.45) is 1.48. The monoisotopic (exact) mass is 468 g/mol. The largest absolute Gasteiger partial charge is 0.493 e. The van der Waals surface area contributed by atoms with E-state index in [1.54, 1.807) is 36.4 Å². The number of nitrogens with zero attached hydrogens (tertiary/aromatic N) is 1. The smallest absolute Gasteiger partial charge is 0.343 e. The van der Waals surface area contributed by atoms with E-state index >= 15 is 0 Å². The highest BCUT2D eigenvalue weighted by atomic mass is 16.5. The van der Waals surface area contributed by atoms with Gasteiger partial charge in [-0.15, -0.1) is 0 Å². The van der Waals surface area contributed by atoms with E-state index in [4.69, 9.17) is 14.2 Å². The zero-order valence-corrected chi connectivity index (χ0v) is 19.6. The summed E-state index contributed by atoms with van der Waals surface area (Å²) in [6, 6.07) is 23.1. The zero-order valence-electron chi connectivity index (χ0n) is 19.6. The highest BCUT2D eigenvalue weighted by Gasteiger charge is 2.16. The maximum atomic E-state index is 12.9. The fourth-order valence-electron chi connectivity index (χ4n) is 3.54. The van der Waals surface area contributed by atoms with Crippen molar-refractivity contribution in [2.24, 2.45) is 5.10 Å². The lowest BCUT2D eigenvalue weighted by molar-refractivity contribution is 0.0734. The van der Waals surface area contributed by atoms with Crippen LogP contribution < -0.4 is 19.6 Å². The molecule has 1 N–H and O–H groups in total. The summed E-state index contributed by atoms with van der Waals surface area (Å²) in [5.74, 6) is 0.315. The minimum Gasteiger partial charge on any atom is -0.493 e. The number of carbonyl (C=O) groups is 2. The van der Waals surface area contributed by atoms with Gasteiger partial charge in [-0.25, -0.2) is 10.2 Å². The topological polar surface area (TPSA) is 86.2 Å². The Morgan fingerprint density at radius 2 is 1.49 bits per heavy atom. The third kappa shape index (κ3) is 5.30. The molecule has 0 aliphatic heterocycles. The average molecular weight is 469 g/mol. The molecule has 176 valence electrons. The Hall–Kier alpha value is -4.65. The molecule has 35 heavy (non-hydrogen) atoms. The lowest BCUT2D eigenvalue weighted by atomic mass is 10.0. The Morgan fingerprint density at radius 1 is 0.800 bits per heavy atom. The second-order valence-corrected chi connectivity index (χ2v) is 7.72. The number of rotatable bonds is 7. The van der Waals surface area contributed by atoms with Crippen molar-refractivity contribution in [3.8, 4) is 17.2 Å². The molecule has 0 saturated carbocycles. The third-order valence-corrected chi connectivity index (χ3v) is 5.43. The Kier molecular flexibility index (Phi) is 7.07. The summed E-state index contributed by atoms with van der Waals surface area (Å²) in [4.78, 5) is 25.4. The Morgan fingerprint density at radius 3 is 2.23 bits per heavy atom. The van der Waals surface area contributed by atoms with Gasteiger partial charge >= 0.3 is 5.97 Å². The summed E-state index contributed by atoms with van der Waals surface area (Å²) in [5.41, 5.74) is 4.93. The van der Waals surface area contributed by atoms with Gasteiger partial charge in [0.1, 0.15) is 5.75 Å². The zero-order chi connectivity index (χ0) is 24.8. The Labute approximate surface area is 202 Å². The van der Waals surface area contributed by atoms with Crippen LogP contribution in [0.5, 0.6) is 17.2 Å². The average Bonchev–Trinajstić information content (AvgIpc) is 2.89. The molecule has 4 aromatic carbocycles. The van der Waals surface area contributed by atoms with Crippen molar-refractivity contribution in [2.45, 2.75) is 6.92 Å². The quantitative estimate of drug-likeness (QED) is 0.175. The van der Waals surface area contributed by atoms with E-state index in [9.17, 15) is 9.59 Å². The van der Waals surface area contributed by atoms with Crippen LogP contribution in [0.1, 0.15) is 31.8 Å². The number of benzene rings is 4. The second kappa shape index (κ2) is 10.5. The molecule has 0 unspecified atom stereocenters. The molecule has 0 heterocycles. The van der Waals surface area contributed by atoms with Gasteiger partial charge in [-0.05, 0) is 54.1 Å². The van der Waals surface area contributed by atoms with Gasteiger partial charge in [0, 0.05) is 11.1 Å². The van der Waals surface area contributed by atoms with Crippen LogP contribution in [0.25, 0.3) is 10.8 Å². The first-order valence-corrected chi connectivity index (χ1v) is 10.9. The van der Waals surface area contributed by atoms with Crippen LogP contribution in [-0.4, -0.2) is 32.3 Å². The molecule has 7 nitrogen and oxygen atoms in total.